The van der Waals surface area contributed by atoms with Crippen LogP contribution in [0.3, 0.4) is 0 Å². The van der Waals surface area contributed by atoms with Crippen molar-refractivity contribution in [2.45, 2.75) is 39.8 Å². The zero-order valence-corrected chi connectivity index (χ0v) is 14.2. The van der Waals surface area contributed by atoms with Gasteiger partial charge in [0.25, 0.3) is 0 Å². The van der Waals surface area contributed by atoms with E-state index < -0.39 is 0 Å². The number of hydrogen-bond donors (Lipinski definition) is 0. The third kappa shape index (κ3) is 2.74. The van der Waals surface area contributed by atoms with Crippen molar-refractivity contribution >= 4 is 27.3 Å². The molecule has 0 aliphatic carbocycles. The quantitative estimate of drug-likeness (QED) is 0.739. The zero-order chi connectivity index (χ0) is 16.0. The van der Waals surface area contributed by atoms with E-state index in [1.54, 1.807) is 11.3 Å². The molecule has 0 fully saturated rings. The average Bonchev–Trinajstić information content (AvgIpc) is 3.17. The first-order valence-corrected chi connectivity index (χ1v) is 8.51. The van der Waals surface area contributed by atoms with E-state index in [2.05, 4.69) is 46.4 Å². The Morgan fingerprint density at radius 1 is 1.26 bits per heavy atom. The number of aromatic nitrogens is 3. The van der Waals surface area contributed by atoms with Gasteiger partial charge in [-0.2, -0.15) is 5.10 Å². The Morgan fingerprint density at radius 3 is 2.91 bits per heavy atom. The van der Waals surface area contributed by atoms with Gasteiger partial charge in [-0.25, -0.2) is 4.98 Å². The van der Waals surface area contributed by atoms with Crippen LogP contribution in [-0.2, 0) is 11.4 Å². The van der Waals surface area contributed by atoms with E-state index in [9.17, 15) is 0 Å². The van der Waals surface area contributed by atoms with Gasteiger partial charge in [0.2, 0.25) is 0 Å². The molecular weight excluding hydrogens is 308 g/mol. The number of nitrogens with zero attached hydrogens (tertiary/aromatic N) is 4. The molecule has 118 valence electrons. The van der Waals surface area contributed by atoms with E-state index in [1.165, 1.54) is 4.70 Å². The first kappa shape index (κ1) is 14.4. The highest BCUT2D eigenvalue weighted by atomic mass is 32.1. The predicted octanol–water partition coefficient (Wildman–Crippen LogP) is 3.61. The molecule has 4 rings (SSSR count). The fourth-order valence-electron chi connectivity index (χ4n) is 2.97. The van der Waals surface area contributed by atoms with Crippen molar-refractivity contribution in [3.63, 3.8) is 0 Å². The summed E-state index contributed by atoms with van der Waals surface area (Å²) >= 11 is 1.72. The Bertz CT molecular complexity index is 909. The molecule has 0 unspecified atom stereocenters. The molecule has 0 bridgehead atoms. The summed E-state index contributed by atoms with van der Waals surface area (Å²) in [6, 6.07) is 8.40. The van der Waals surface area contributed by atoms with Gasteiger partial charge in [0, 0.05) is 17.7 Å². The molecule has 0 N–H and O–H groups in total. The third-order valence-corrected chi connectivity index (χ3v) is 4.99. The Kier molecular flexibility index (Phi) is 3.41. The molecule has 0 spiro atoms. The van der Waals surface area contributed by atoms with Gasteiger partial charge in [0.15, 0.2) is 6.10 Å². The fourth-order valence-corrected chi connectivity index (χ4v) is 3.78. The standard InChI is InChI=1S/C17H18N4OS/c1-10-6-11(2)21(19-10)9-14-8-15(20-22-14)13-4-5-17-16(7-13)18-12(3)23-17/h4-7,14H,8-9H2,1-3H3/t14-/m1/s1. The Balaban J connectivity index is 1.51. The van der Waals surface area contributed by atoms with Gasteiger partial charge in [-0.1, -0.05) is 11.2 Å². The van der Waals surface area contributed by atoms with Crippen LogP contribution in [0.4, 0.5) is 0 Å². The molecule has 1 aliphatic heterocycles. The summed E-state index contributed by atoms with van der Waals surface area (Å²) in [7, 11) is 0. The highest BCUT2D eigenvalue weighted by Crippen LogP contribution is 2.25. The fraction of sp³-hybridized carbons (Fsp3) is 0.353. The molecule has 1 atom stereocenters. The SMILES string of the molecule is Cc1cc(C)n(C[C@H]2CC(c3ccc4sc(C)nc4c3)=NO2)n1. The van der Waals surface area contributed by atoms with E-state index >= 15 is 0 Å². The van der Waals surface area contributed by atoms with Crippen LogP contribution < -0.4 is 0 Å². The van der Waals surface area contributed by atoms with Crippen molar-refractivity contribution in [3.05, 3.63) is 46.2 Å². The van der Waals surface area contributed by atoms with Crippen molar-refractivity contribution < 1.29 is 4.84 Å². The highest BCUT2D eigenvalue weighted by molar-refractivity contribution is 7.18. The van der Waals surface area contributed by atoms with E-state index in [4.69, 9.17) is 4.84 Å². The van der Waals surface area contributed by atoms with E-state index in [0.29, 0.717) is 0 Å². The Labute approximate surface area is 138 Å². The van der Waals surface area contributed by atoms with Crippen LogP contribution in [0.5, 0.6) is 0 Å². The van der Waals surface area contributed by atoms with Crippen molar-refractivity contribution in [2.24, 2.45) is 5.16 Å². The van der Waals surface area contributed by atoms with Crippen LogP contribution in [-0.4, -0.2) is 26.6 Å². The minimum atomic E-state index is 0.0378. The zero-order valence-electron chi connectivity index (χ0n) is 13.4. The molecule has 0 amide bonds. The number of oxime groups is 1. The normalized spacial score (nSPS) is 17.5. The lowest BCUT2D eigenvalue weighted by Gasteiger charge is -2.09. The molecule has 0 saturated carbocycles. The summed E-state index contributed by atoms with van der Waals surface area (Å²) in [6.45, 7) is 6.83. The third-order valence-electron chi connectivity index (χ3n) is 4.04. The molecule has 1 aromatic carbocycles. The molecule has 3 aromatic rings. The van der Waals surface area contributed by atoms with E-state index in [1.807, 2.05) is 18.5 Å². The average molecular weight is 326 g/mol. The van der Waals surface area contributed by atoms with Crippen molar-refractivity contribution in [1.82, 2.24) is 14.8 Å². The molecule has 1 aliphatic rings. The van der Waals surface area contributed by atoms with Crippen LogP contribution >= 0.6 is 11.3 Å². The summed E-state index contributed by atoms with van der Waals surface area (Å²) in [4.78, 5) is 10.2. The second-order valence-corrected chi connectivity index (χ2v) is 7.23. The molecular formula is C17H18N4OS. The van der Waals surface area contributed by atoms with Crippen LogP contribution in [0.15, 0.2) is 29.4 Å². The van der Waals surface area contributed by atoms with E-state index in [-0.39, 0.29) is 6.10 Å². The topological polar surface area (TPSA) is 52.3 Å². The number of benzene rings is 1. The summed E-state index contributed by atoms with van der Waals surface area (Å²) in [5, 5.41) is 9.86. The second-order valence-electron chi connectivity index (χ2n) is 5.99. The highest BCUT2D eigenvalue weighted by Gasteiger charge is 2.24. The van der Waals surface area contributed by atoms with Gasteiger partial charge < -0.3 is 4.84 Å². The van der Waals surface area contributed by atoms with Gasteiger partial charge in [-0.15, -0.1) is 11.3 Å². The summed E-state index contributed by atoms with van der Waals surface area (Å²) < 4.78 is 3.20. The maximum absolute atomic E-state index is 5.61. The smallest absolute Gasteiger partial charge is 0.152 e. The monoisotopic (exact) mass is 326 g/mol. The first-order chi connectivity index (χ1) is 11.1. The van der Waals surface area contributed by atoms with Gasteiger partial charge in [-0.05, 0) is 39.0 Å². The molecule has 2 aromatic heterocycles. The van der Waals surface area contributed by atoms with Crippen LogP contribution in [0, 0.1) is 20.8 Å². The van der Waals surface area contributed by atoms with Gasteiger partial charge in [0.1, 0.15) is 0 Å². The molecule has 5 nitrogen and oxygen atoms in total. The maximum atomic E-state index is 5.61. The lowest BCUT2D eigenvalue weighted by Crippen LogP contribution is -2.18. The predicted molar refractivity (Wildman–Crippen MR) is 92.1 cm³/mol. The number of fused-ring (bicyclic) bond motifs is 1. The molecule has 0 radical (unpaired) electrons. The summed E-state index contributed by atoms with van der Waals surface area (Å²) in [5.41, 5.74) is 5.31. The second kappa shape index (κ2) is 5.45. The van der Waals surface area contributed by atoms with Crippen molar-refractivity contribution in [3.8, 4) is 0 Å². The summed E-state index contributed by atoms with van der Waals surface area (Å²) in [5.74, 6) is 0. The first-order valence-electron chi connectivity index (χ1n) is 7.70. The van der Waals surface area contributed by atoms with Crippen molar-refractivity contribution in [2.75, 3.05) is 0 Å². The maximum Gasteiger partial charge on any atom is 0.152 e. The van der Waals surface area contributed by atoms with Crippen LogP contribution in [0.2, 0.25) is 0 Å². The Hall–Kier alpha value is -2.21. The molecule has 0 saturated heterocycles. The van der Waals surface area contributed by atoms with Gasteiger partial charge in [0.05, 0.1) is 33.2 Å². The minimum absolute atomic E-state index is 0.0378. The number of aryl methyl sites for hydroxylation is 3. The minimum Gasteiger partial charge on any atom is -0.390 e. The van der Waals surface area contributed by atoms with Crippen LogP contribution in [0.1, 0.15) is 28.4 Å². The lowest BCUT2D eigenvalue weighted by molar-refractivity contribution is 0.0692. The lowest BCUT2D eigenvalue weighted by atomic mass is 10.0. The van der Waals surface area contributed by atoms with Gasteiger partial charge in [-0.3, -0.25) is 4.68 Å². The number of thiazole rings is 1. The van der Waals surface area contributed by atoms with Crippen LogP contribution in [0.25, 0.3) is 10.2 Å². The van der Waals surface area contributed by atoms with E-state index in [0.717, 1.165) is 46.2 Å². The number of hydrogen-bond acceptors (Lipinski definition) is 5. The van der Waals surface area contributed by atoms with Crippen molar-refractivity contribution in [1.29, 1.82) is 0 Å². The molecule has 6 heteroatoms. The van der Waals surface area contributed by atoms with Gasteiger partial charge >= 0.3 is 0 Å². The molecule has 3 heterocycles. The number of rotatable bonds is 3. The molecule has 23 heavy (non-hydrogen) atoms. The summed E-state index contributed by atoms with van der Waals surface area (Å²) in [6.07, 6.45) is 0.836. The largest absolute Gasteiger partial charge is 0.390 e. The Morgan fingerprint density at radius 2 is 2.13 bits per heavy atom.